The molecule has 1 aromatic heterocycles. The van der Waals surface area contributed by atoms with Crippen LogP contribution in [0.1, 0.15) is 12.2 Å². The molecule has 2 N–H and O–H groups in total. The zero-order chi connectivity index (χ0) is 10.4. The fourth-order valence-corrected chi connectivity index (χ4v) is 0.988. The third-order valence-electron chi connectivity index (χ3n) is 1.47. The van der Waals surface area contributed by atoms with E-state index in [9.17, 15) is 4.79 Å². The summed E-state index contributed by atoms with van der Waals surface area (Å²) in [5, 5.41) is 8.76. The van der Waals surface area contributed by atoms with Crippen LogP contribution in [-0.2, 0) is 0 Å². The Morgan fingerprint density at radius 1 is 1.71 bits per heavy atom. The van der Waals surface area contributed by atoms with Crippen LogP contribution in [0, 0.1) is 6.92 Å². The molecule has 0 radical (unpaired) electrons. The molecule has 0 aliphatic heterocycles. The number of anilines is 1. The molecule has 0 aromatic carbocycles. The van der Waals surface area contributed by atoms with Gasteiger partial charge in [0, 0.05) is 18.5 Å². The second kappa shape index (κ2) is 5.49. The number of aromatic nitrogens is 1. The van der Waals surface area contributed by atoms with E-state index in [1.165, 1.54) is 0 Å². The highest BCUT2D eigenvalue weighted by Crippen LogP contribution is 2.06. The summed E-state index contributed by atoms with van der Waals surface area (Å²) < 4.78 is 4.78. The third kappa shape index (κ3) is 3.66. The number of hydrogen-bond donors (Lipinski definition) is 2. The molecule has 0 spiro atoms. The van der Waals surface area contributed by atoms with Crippen molar-refractivity contribution in [2.24, 2.45) is 0 Å². The van der Waals surface area contributed by atoms with Crippen LogP contribution < -0.4 is 10.6 Å². The lowest BCUT2D eigenvalue weighted by Gasteiger charge is -2.02. The zero-order valence-corrected chi connectivity index (χ0v) is 8.60. The van der Waals surface area contributed by atoms with Crippen molar-refractivity contribution in [1.29, 1.82) is 0 Å². The van der Waals surface area contributed by atoms with Crippen LogP contribution >= 0.6 is 11.6 Å². The van der Waals surface area contributed by atoms with E-state index in [2.05, 4.69) is 15.8 Å². The normalized spacial score (nSPS) is 9.86. The number of aryl methyl sites for hydroxylation is 1. The van der Waals surface area contributed by atoms with E-state index >= 15 is 0 Å². The predicted molar refractivity (Wildman–Crippen MR) is 53.6 cm³/mol. The van der Waals surface area contributed by atoms with Crippen molar-refractivity contribution in [2.45, 2.75) is 13.3 Å². The van der Waals surface area contributed by atoms with Crippen molar-refractivity contribution in [3.05, 3.63) is 11.8 Å². The van der Waals surface area contributed by atoms with Crippen molar-refractivity contribution in [3.63, 3.8) is 0 Å². The molecule has 0 unspecified atom stereocenters. The third-order valence-corrected chi connectivity index (χ3v) is 1.73. The number of amides is 2. The van der Waals surface area contributed by atoms with E-state index in [1.807, 2.05) is 0 Å². The van der Waals surface area contributed by atoms with Gasteiger partial charge in [-0.05, 0) is 13.3 Å². The largest absolute Gasteiger partial charge is 0.360 e. The summed E-state index contributed by atoms with van der Waals surface area (Å²) in [6.07, 6.45) is 0.743. The number of rotatable bonds is 4. The number of urea groups is 1. The highest BCUT2D eigenvalue weighted by atomic mass is 35.5. The van der Waals surface area contributed by atoms with Crippen LogP contribution in [-0.4, -0.2) is 23.6 Å². The number of carbonyl (C=O) groups is 1. The van der Waals surface area contributed by atoms with E-state index < -0.39 is 0 Å². The molecule has 6 heteroatoms. The standard InChI is InChI=1S/C8H12ClN3O2/c1-6-5-7(12-14-6)11-8(13)10-4-2-3-9/h5H,2-4H2,1H3,(H2,10,11,12,13). The fraction of sp³-hybridized carbons (Fsp3) is 0.500. The Bertz CT molecular complexity index is 301. The number of halogens is 1. The molecule has 2 amide bonds. The van der Waals surface area contributed by atoms with Gasteiger partial charge < -0.3 is 9.84 Å². The van der Waals surface area contributed by atoms with Gasteiger partial charge in [-0.15, -0.1) is 11.6 Å². The molecule has 1 rings (SSSR count). The van der Waals surface area contributed by atoms with Gasteiger partial charge >= 0.3 is 6.03 Å². The van der Waals surface area contributed by atoms with Crippen molar-refractivity contribution >= 4 is 23.4 Å². The smallest absolute Gasteiger partial charge is 0.320 e. The van der Waals surface area contributed by atoms with Gasteiger partial charge in [0.15, 0.2) is 5.82 Å². The Morgan fingerprint density at radius 2 is 2.50 bits per heavy atom. The van der Waals surface area contributed by atoms with Gasteiger partial charge in [0.2, 0.25) is 0 Å². The molecule has 0 saturated carbocycles. The molecule has 1 heterocycles. The monoisotopic (exact) mass is 217 g/mol. The molecular weight excluding hydrogens is 206 g/mol. The lowest BCUT2D eigenvalue weighted by Crippen LogP contribution is -2.29. The molecule has 0 aliphatic carbocycles. The second-order valence-electron chi connectivity index (χ2n) is 2.75. The lowest BCUT2D eigenvalue weighted by molar-refractivity contribution is 0.252. The van der Waals surface area contributed by atoms with Gasteiger partial charge in [-0.25, -0.2) is 4.79 Å². The highest BCUT2D eigenvalue weighted by Gasteiger charge is 2.04. The fourth-order valence-electron chi connectivity index (χ4n) is 0.855. The summed E-state index contributed by atoms with van der Waals surface area (Å²) in [4.78, 5) is 11.1. The molecular formula is C8H12ClN3O2. The first kappa shape index (κ1) is 10.8. The molecule has 1 aromatic rings. The molecule has 0 saturated heterocycles. The van der Waals surface area contributed by atoms with Gasteiger partial charge in [-0.2, -0.15) is 0 Å². The lowest BCUT2D eigenvalue weighted by atomic mass is 10.5. The summed E-state index contributed by atoms with van der Waals surface area (Å²) in [7, 11) is 0. The Hall–Kier alpha value is -1.23. The summed E-state index contributed by atoms with van der Waals surface area (Å²) in [6, 6.07) is 1.34. The number of carbonyl (C=O) groups excluding carboxylic acids is 1. The minimum Gasteiger partial charge on any atom is -0.360 e. The van der Waals surface area contributed by atoms with Crippen LogP contribution in [0.2, 0.25) is 0 Å². The Labute approximate surface area is 86.8 Å². The average molecular weight is 218 g/mol. The molecule has 5 nitrogen and oxygen atoms in total. The number of alkyl halides is 1. The molecule has 0 bridgehead atoms. The van der Waals surface area contributed by atoms with Gasteiger partial charge in [0.25, 0.3) is 0 Å². The maximum atomic E-state index is 11.1. The van der Waals surface area contributed by atoms with Crippen molar-refractivity contribution in [2.75, 3.05) is 17.7 Å². The van der Waals surface area contributed by atoms with Crippen LogP contribution in [0.5, 0.6) is 0 Å². The maximum absolute atomic E-state index is 11.1. The van der Waals surface area contributed by atoms with E-state index in [4.69, 9.17) is 16.1 Å². The van der Waals surface area contributed by atoms with Crippen LogP contribution in [0.3, 0.4) is 0 Å². The molecule has 0 atom stereocenters. The van der Waals surface area contributed by atoms with Crippen LogP contribution in [0.4, 0.5) is 10.6 Å². The summed E-state index contributed by atoms with van der Waals surface area (Å²) in [6.45, 7) is 2.30. The predicted octanol–water partition coefficient (Wildman–Crippen LogP) is 1.73. The first-order valence-corrected chi connectivity index (χ1v) is 4.80. The van der Waals surface area contributed by atoms with Crippen molar-refractivity contribution < 1.29 is 9.32 Å². The molecule has 0 fully saturated rings. The number of nitrogens with one attached hydrogen (secondary N) is 2. The topological polar surface area (TPSA) is 67.2 Å². The Kier molecular flexibility index (Phi) is 4.25. The molecule has 0 aliphatic rings. The van der Waals surface area contributed by atoms with E-state index in [0.29, 0.717) is 24.0 Å². The summed E-state index contributed by atoms with van der Waals surface area (Å²) in [5.41, 5.74) is 0. The van der Waals surface area contributed by atoms with Gasteiger partial charge in [-0.3, -0.25) is 5.32 Å². The average Bonchev–Trinajstić information content (AvgIpc) is 2.52. The first-order chi connectivity index (χ1) is 6.72. The van der Waals surface area contributed by atoms with Gasteiger partial charge in [-0.1, -0.05) is 5.16 Å². The van der Waals surface area contributed by atoms with Gasteiger partial charge in [0.1, 0.15) is 5.76 Å². The molecule has 14 heavy (non-hydrogen) atoms. The quantitative estimate of drug-likeness (QED) is 0.596. The maximum Gasteiger partial charge on any atom is 0.320 e. The summed E-state index contributed by atoms with van der Waals surface area (Å²) in [5.74, 6) is 1.59. The second-order valence-corrected chi connectivity index (χ2v) is 3.12. The SMILES string of the molecule is Cc1cc(NC(=O)NCCCCl)no1. The van der Waals surface area contributed by atoms with E-state index in [0.717, 1.165) is 6.42 Å². The van der Waals surface area contributed by atoms with Gasteiger partial charge in [0.05, 0.1) is 0 Å². The van der Waals surface area contributed by atoms with E-state index in [-0.39, 0.29) is 6.03 Å². The minimum absolute atomic E-state index is 0.302. The first-order valence-electron chi connectivity index (χ1n) is 4.26. The van der Waals surface area contributed by atoms with Crippen molar-refractivity contribution in [3.8, 4) is 0 Å². The van der Waals surface area contributed by atoms with Crippen LogP contribution in [0.15, 0.2) is 10.6 Å². The number of nitrogens with zero attached hydrogens (tertiary/aromatic N) is 1. The Morgan fingerprint density at radius 3 is 3.07 bits per heavy atom. The highest BCUT2D eigenvalue weighted by molar-refractivity contribution is 6.17. The van der Waals surface area contributed by atoms with Crippen molar-refractivity contribution in [1.82, 2.24) is 10.5 Å². The Balaban J connectivity index is 2.27. The minimum atomic E-state index is -0.302. The zero-order valence-electron chi connectivity index (χ0n) is 7.84. The summed E-state index contributed by atoms with van der Waals surface area (Å²) >= 11 is 5.45. The van der Waals surface area contributed by atoms with Crippen LogP contribution in [0.25, 0.3) is 0 Å². The van der Waals surface area contributed by atoms with E-state index in [1.54, 1.807) is 13.0 Å². The molecule has 78 valence electrons. The number of hydrogen-bond acceptors (Lipinski definition) is 3.